The molecule has 1 aromatic heterocycles. The van der Waals surface area contributed by atoms with Gasteiger partial charge in [-0.3, -0.25) is 0 Å². The van der Waals surface area contributed by atoms with Gasteiger partial charge in [-0.05, 0) is 42.8 Å². The summed E-state index contributed by atoms with van der Waals surface area (Å²) in [5.41, 5.74) is 8.79. The summed E-state index contributed by atoms with van der Waals surface area (Å²) < 4.78 is 19.1. The molecule has 2 aromatic carbocycles. The second-order valence-electron chi connectivity index (χ2n) is 4.35. The molecule has 0 bridgehead atoms. The highest BCUT2D eigenvalue weighted by atomic mass is 19.1. The lowest BCUT2D eigenvalue weighted by Gasteiger charge is -2.03. The highest BCUT2D eigenvalue weighted by Gasteiger charge is 2.09. The summed E-state index contributed by atoms with van der Waals surface area (Å²) in [4.78, 5) is 4.22. The van der Waals surface area contributed by atoms with E-state index in [4.69, 9.17) is 10.2 Å². The van der Waals surface area contributed by atoms with E-state index < -0.39 is 0 Å². The first-order chi connectivity index (χ1) is 9.11. The first-order valence-corrected chi connectivity index (χ1v) is 5.81. The number of aromatic nitrogens is 1. The molecule has 0 fully saturated rings. The fourth-order valence-electron chi connectivity index (χ4n) is 1.85. The van der Waals surface area contributed by atoms with Crippen LogP contribution < -0.4 is 11.1 Å². The minimum Gasteiger partial charge on any atom is -0.423 e. The maximum atomic E-state index is 13.6. The monoisotopic (exact) mass is 257 g/mol. The Bertz CT molecular complexity index is 752. The summed E-state index contributed by atoms with van der Waals surface area (Å²) in [6, 6.07) is 10.2. The van der Waals surface area contributed by atoms with Crippen molar-refractivity contribution < 1.29 is 8.81 Å². The molecule has 0 saturated heterocycles. The second kappa shape index (κ2) is 4.28. The van der Waals surface area contributed by atoms with Crippen LogP contribution in [-0.2, 0) is 0 Å². The van der Waals surface area contributed by atoms with Crippen molar-refractivity contribution in [3.8, 4) is 0 Å². The maximum Gasteiger partial charge on any atom is 0.300 e. The lowest BCUT2D eigenvalue weighted by atomic mass is 10.2. The maximum absolute atomic E-state index is 13.6. The standard InChI is InChI=1S/C14H12FN3O/c1-8-2-4-10(15)11(6-8)17-14-18-12-7-9(16)3-5-13(12)19-14/h2-7H,16H2,1H3,(H,17,18). The number of oxazole rings is 1. The quantitative estimate of drug-likeness (QED) is 0.688. The van der Waals surface area contributed by atoms with Crippen LogP contribution in [0.25, 0.3) is 11.1 Å². The lowest BCUT2D eigenvalue weighted by molar-refractivity contribution is 0.611. The van der Waals surface area contributed by atoms with Gasteiger partial charge in [0.25, 0.3) is 6.01 Å². The summed E-state index contributed by atoms with van der Waals surface area (Å²) in [6.45, 7) is 1.89. The van der Waals surface area contributed by atoms with Crippen LogP contribution in [0.5, 0.6) is 0 Å². The first kappa shape index (κ1) is 11.5. The van der Waals surface area contributed by atoms with Crippen LogP contribution in [0, 0.1) is 12.7 Å². The molecule has 0 saturated carbocycles. The van der Waals surface area contributed by atoms with Gasteiger partial charge in [0.15, 0.2) is 5.58 Å². The van der Waals surface area contributed by atoms with Gasteiger partial charge in [0, 0.05) is 5.69 Å². The third-order valence-corrected chi connectivity index (χ3v) is 2.78. The molecule has 0 aliphatic heterocycles. The molecule has 3 aromatic rings. The van der Waals surface area contributed by atoms with Crippen LogP contribution in [0.2, 0.25) is 0 Å². The largest absolute Gasteiger partial charge is 0.423 e. The first-order valence-electron chi connectivity index (χ1n) is 5.81. The van der Waals surface area contributed by atoms with E-state index >= 15 is 0 Å². The average Bonchev–Trinajstić information content (AvgIpc) is 2.75. The third kappa shape index (κ3) is 2.22. The predicted molar refractivity (Wildman–Crippen MR) is 72.8 cm³/mol. The van der Waals surface area contributed by atoms with Crippen molar-refractivity contribution in [3.05, 3.63) is 47.8 Å². The summed E-state index contributed by atoms with van der Waals surface area (Å²) >= 11 is 0. The number of benzene rings is 2. The van der Waals surface area contributed by atoms with Crippen molar-refractivity contribution in [2.75, 3.05) is 11.1 Å². The smallest absolute Gasteiger partial charge is 0.300 e. The van der Waals surface area contributed by atoms with Crippen molar-refractivity contribution in [2.24, 2.45) is 0 Å². The molecular formula is C14H12FN3O. The molecule has 19 heavy (non-hydrogen) atoms. The van der Waals surface area contributed by atoms with Gasteiger partial charge in [-0.2, -0.15) is 4.98 Å². The number of hydrogen-bond acceptors (Lipinski definition) is 4. The Morgan fingerprint density at radius 2 is 2.05 bits per heavy atom. The van der Waals surface area contributed by atoms with Crippen LogP contribution >= 0.6 is 0 Å². The molecule has 1 heterocycles. The van der Waals surface area contributed by atoms with Gasteiger partial charge in [0.1, 0.15) is 11.3 Å². The van der Waals surface area contributed by atoms with E-state index in [1.165, 1.54) is 6.07 Å². The van der Waals surface area contributed by atoms with E-state index in [0.717, 1.165) is 5.56 Å². The van der Waals surface area contributed by atoms with Gasteiger partial charge >= 0.3 is 0 Å². The zero-order valence-electron chi connectivity index (χ0n) is 10.3. The molecule has 0 atom stereocenters. The van der Waals surface area contributed by atoms with E-state index in [1.54, 1.807) is 30.3 Å². The van der Waals surface area contributed by atoms with E-state index in [2.05, 4.69) is 10.3 Å². The number of nitrogen functional groups attached to an aromatic ring is 1. The number of nitrogens with two attached hydrogens (primary N) is 1. The topological polar surface area (TPSA) is 64.1 Å². The zero-order chi connectivity index (χ0) is 13.4. The Balaban J connectivity index is 1.98. The number of nitrogens with zero attached hydrogens (tertiary/aromatic N) is 1. The van der Waals surface area contributed by atoms with Gasteiger partial charge in [-0.15, -0.1) is 0 Å². The van der Waals surface area contributed by atoms with Crippen LogP contribution in [0.4, 0.5) is 21.8 Å². The Kier molecular flexibility index (Phi) is 2.59. The molecule has 3 rings (SSSR count). The molecular weight excluding hydrogens is 245 g/mol. The Labute approximate surface area is 109 Å². The predicted octanol–water partition coefficient (Wildman–Crippen LogP) is 3.60. The highest BCUT2D eigenvalue weighted by molar-refractivity contribution is 5.78. The summed E-state index contributed by atoms with van der Waals surface area (Å²) in [5.74, 6) is -0.354. The molecule has 0 amide bonds. The van der Waals surface area contributed by atoms with Crippen LogP contribution in [0.1, 0.15) is 5.56 Å². The van der Waals surface area contributed by atoms with Crippen molar-refractivity contribution in [1.29, 1.82) is 0 Å². The Hall–Kier alpha value is -2.56. The SMILES string of the molecule is Cc1ccc(F)c(Nc2nc3cc(N)ccc3o2)c1. The van der Waals surface area contributed by atoms with Crippen molar-refractivity contribution in [3.63, 3.8) is 0 Å². The van der Waals surface area contributed by atoms with Crippen molar-refractivity contribution in [1.82, 2.24) is 4.98 Å². The molecule has 0 aliphatic carbocycles. The number of hydrogen-bond donors (Lipinski definition) is 2. The Morgan fingerprint density at radius 1 is 1.21 bits per heavy atom. The summed E-state index contributed by atoms with van der Waals surface area (Å²) in [7, 11) is 0. The van der Waals surface area contributed by atoms with Gasteiger partial charge in [0.05, 0.1) is 5.69 Å². The number of anilines is 3. The van der Waals surface area contributed by atoms with E-state index in [0.29, 0.717) is 22.5 Å². The summed E-state index contributed by atoms with van der Waals surface area (Å²) in [5, 5.41) is 2.83. The fourth-order valence-corrected chi connectivity index (χ4v) is 1.85. The number of halogens is 1. The normalized spacial score (nSPS) is 10.8. The third-order valence-electron chi connectivity index (χ3n) is 2.78. The number of rotatable bonds is 2. The molecule has 96 valence electrons. The zero-order valence-corrected chi connectivity index (χ0v) is 10.3. The fraction of sp³-hybridized carbons (Fsp3) is 0.0714. The molecule has 0 aliphatic rings. The van der Waals surface area contributed by atoms with Gasteiger partial charge < -0.3 is 15.5 Å². The molecule has 5 heteroatoms. The minimum absolute atomic E-state index is 0.241. The minimum atomic E-state index is -0.354. The number of aryl methyl sites for hydroxylation is 1. The van der Waals surface area contributed by atoms with E-state index in [9.17, 15) is 4.39 Å². The molecule has 0 radical (unpaired) electrons. The summed E-state index contributed by atoms with van der Waals surface area (Å²) in [6.07, 6.45) is 0. The number of nitrogens with one attached hydrogen (secondary N) is 1. The molecule has 0 unspecified atom stereocenters. The van der Waals surface area contributed by atoms with Gasteiger partial charge in [-0.1, -0.05) is 6.07 Å². The average molecular weight is 257 g/mol. The van der Waals surface area contributed by atoms with Crippen molar-refractivity contribution >= 4 is 28.5 Å². The second-order valence-corrected chi connectivity index (χ2v) is 4.35. The van der Waals surface area contributed by atoms with Crippen LogP contribution in [0.3, 0.4) is 0 Å². The molecule has 4 nitrogen and oxygen atoms in total. The van der Waals surface area contributed by atoms with Crippen LogP contribution in [-0.4, -0.2) is 4.98 Å². The lowest BCUT2D eigenvalue weighted by Crippen LogP contribution is -1.94. The van der Waals surface area contributed by atoms with Crippen LogP contribution in [0.15, 0.2) is 40.8 Å². The van der Waals surface area contributed by atoms with Crippen molar-refractivity contribution in [2.45, 2.75) is 6.92 Å². The highest BCUT2D eigenvalue weighted by Crippen LogP contribution is 2.25. The Morgan fingerprint density at radius 3 is 2.89 bits per heavy atom. The number of fused-ring (bicyclic) bond motifs is 1. The van der Waals surface area contributed by atoms with Gasteiger partial charge in [0.2, 0.25) is 0 Å². The van der Waals surface area contributed by atoms with Gasteiger partial charge in [-0.25, -0.2) is 4.39 Å². The van der Waals surface area contributed by atoms with E-state index in [1.807, 2.05) is 6.92 Å². The van der Waals surface area contributed by atoms with E-state index in [-0.39, 0.29) is 11.8 Å². The molecule has 0 spiro atoms. The molecule has 3 N–H and O–H groups in total.